The van der Waals surface area contributed by atoms with E-state index in [0.717, 1.165) is 23.3 Å². The normalized spacial score (nSPS) is 16.1. The van der Waals surface area contributed by atoms with Crippen LogP contribution in [-0.2, 0) is 19.2 Å². The zero-order valence-electron chi connectivity index (χ0n) is 22.3. The summed E-state index contributed by atoms with van der Waals surface area (Å²) in [5.74, 6) is -1.99. The van der Waals surface area contributed by atoms with Gasteiger partial charge in [0, 0.05) is 11.6 Å². The summed E-state index contributed by atoms with van der Waals surface area (Å²) in [5.41, 5.74) is 2.74. The van der Waals surface area contributed by atoms with E-state index in [9.17, 15) is 19.2 Å². The first kappa shape index (κ1) is 27.0. The number of carbonyl (C=O) groups excluding carboxylic acids is 4. The van der Waals surface area contributed by atoms with Crippen LogP contribution in [0.25, 0.3) is 5.57 Å². The van der Waals surface area contributed by atoms with Crippen molar-refractivity contribution in [1.82, 2.24) is 10.2 Å². The van der Waals surface area contributed by atoms with E-state index >= 15 is 0 Å². The first-order chi connectivity index (χ1) is 18.2. The Morgan fingerprint density at radius 3 is 2.24 bits per heavy atom. The van der Waals surface area contributed by atoms with Gasteiger partial charge in [0.15, 0.2) is 0 Å². The highest BCUT2D eigenvalue weighted by atomic mass is 16.5. The topological polar surface area (TPSA) is 92.8 Å². The fourth-order valence-corrected chi connectivity index (χ4v) is 4.41. The maximum absolute atomic E-state index is 13.9. The van der Waals surface area contributed by atoms with Crippen LogP contribution in [0.2, 0.25) is 0 Å². The molecule has 4 rings (SSSR count). The Hall–Kier alpha value is -4.00. The number of ether oxygens (including phenoxy) is 1. The number of hydrogen-bond donors (Lipinski definition) is 1. The minimum Gasteiger partial charge on any atom is -0.490 e. The maximum atomic E-state index is 13.9. The number of benzene rings is 2. The van der Waals surface area contributed by atoms with Crippen molar-refractivity contribution in [2.24, 2.45) is 5.92 Å². The molecule has 1 heterocycles. The predicted molar refractivity (Wildman–Crippen MR) is 145 cm³/mol. The minimum absolute atomic E-state index is 0.0319. The quantitative estimate of drug-likeness (QED) is 0.264. The molecule has 3 amide bonds. The van der Waals surface area contributed by atoms with Gasteiger partial charge in [-0.05, 0) is 68.4 Å². The van der Waals surface area contributed by atoms with Crippen LogP contribution in [0.1, 0.15) is 64.1 Å². The molecule has 0 bridgehead atoms. The van der Waals surface area contributed by atoms with Gasteiger partial charge in [0.05, 0.1) is 5.57 Å². The van der Waals surface area contributed by atoms with Crippen molar-refractivity contribution in [3.63, 3.8) is 0 Å². The summed E-state index contributed by atoms with van der Waals surface area (Å²) in [6.07, 6.45) is 3.96. The maximum Gasteiger partial charge on any atom is 0.290 e. The summed E-state index contributed by atoms with van der Waals surface area (Å²) < 4.78 is 5.74. The molecule has 0 radical (unpaired) electrons. The zero-order valence-corrected chi connectivity index (χ0v) is 22.3. The second kappa shape index (κ2) is 11.6. The molecule has 1 aliphatic carbocycles. The van der Waals surface area contributed by atoms with Crippen LogP contribution >= 0.6 is 0 Å². The van der Waals surface area contributed by atoms with Crippen LogP contribution in [-0.4, -0.2) is 41.1 Å². The first-order valence-electron chi connectivity index (χ1n) is 13.0. The van der Waals surface area contributed by atoms with Crippen LogP contribution in [0.15, 0.2) is 71.8 Å². The summed E-state index contributed by atoms with van der Waals surface area (Å²) >= 11 is 0. The van der Waals surface area contributed by atoms with Crippen molar-refractivity contribution in [1.29, 1.82) is 0 Å². The molecular formula is C31H34N2O5. The summed E-state index contributed by atoms with van der Waals surface area (Å²) in [4.78, 5) is 55.0. The Morgan fingerprint density at radius 2 is 1.66 bits per heavy atom. The van der Waals surface area contributed by atoms with Crippen molar-refractivity contribution in [3.05, 3.63) is 82.9 Å². The third kappa shape index (κ3) is 6.10. The molecule has 7 heteroatoms. The van der Waals surface area contributed by atoms with Crippen molar-refractivity contribution < 1.29 is 23.9 Å². The number of nitrogens with one attached hydrogen (secondary N) is 1. The molecule has 0 saturated heterocycles. The van der Waals surface area contributed by atoms with Gasteiger partial charge in [0.25, 0.3) is 17.7 Å². The number of allylic oxidation sites excluding steroid dienone is 1. The fourth-order valence-electron chi connectivity index (χ4n) is 4.41. The van der Waals surface area contributed by atoms with E-state index in [1.54, 1.807) is 54.6 Å². The highest BCUT2D eigenvalue weighted by Gasteiger charge is 2.47. The van der Waals surface area contributed by atoms with E-state index in [1.807, 2.05) is 33.8 Å². The number of rotatable bonds is 11. The Balaban J connectivity index is 1.70. The molecule has 1 fully saturated rings. The van der Waals surface area contributed by atoms with Crippen molar-refractivity contribution in [3.8, 4) is 5.75 Å². The average molecular weight is 515 g/mol. The Labute approximate surface area is 223 Å². The standard InChI is InChI=1S/C31H34N2O5/c1-19(2)16-17-38-24-14-10-21(11-15-24)26-25(18-20(3)4)30(36)33(31(26)37)27(22-8-6-5-7-9-22)28(34)29(35)32-23-12-13-23/h5-11,14-16,20,23,27H,12-13,17-18H2,1-4H3,(H,32,35). The molecule has 198 valence electrons. The van der Waals surface area contributed by atoms with E-state index < -0.39 is 29.5 Å². The van der Waals surface area contributed by atoms with E-state index in [-0.39, 0.29) is 17.5 Å². The van der Waals surface area contributed by atoms with E-state index in [0.29, 0.717) is 35.5 Å². The first-order valence-corrected chi connectivity index (χ1v) is 13.0. The highest BCUT2D eigenvalue weighted by Crippen LogP contribution is 2.38. The number of nitrogens with zero attached hydrogens (tertiary/aromatic N) is 1. The Bertz CT molecular complexity index is 1280. The van der Waals surface area contributed by atoms with Crippen molar-refractivity contribution in [2.75, 3.05) is 6.61 Å². The molecule has 1 atom stereocenters. The Kier molecular flexibility index (Phi) is 8.25. The summed E-state index contributed by atoms with van der Waals surface area (Å²) in [5, 5.41) is 2.70. The van der Waals surface area contributed by atoms with Crippen LogP contribution in [0.4, 0.5) is 0 Å². The molecule has 2 aliphatic rings. The minimum atomic E-state index is -1.35. The number of ketones is 1. The number of hydrogen-bond acceptors (Lipinski definition) is 5. The molecule has 7 nitrogen and oxygen atoms in total. The molecule has 1 N–H and O–H groups in total. The summed E-state index contributed by atoms with van der Waals surface area (Å²) in [6.45, 7) is 8.35. The molecule has 38 heavy (non-hydrogen) atoms. The summed E-state index contributed by atoms with van der Waals surface area (Å²) in [7, 11) is 0. The van der Waals surface area contributed by atoms with Crippen LogP contribution in [0.3, 0.4) is 0 Å². The SMILES string of the molecule is CC(C)=CCOc1ccc(C2=C(CC(C)C)C(=O)N(C(C(=O)C(=O)NC3CC3)c3ccccc3)C2=O)cc1. The van der Waals surface area contributed by atoms with Gasteiger partial charge in [0.1, 0.15) is 18.4 Å². The van der Waals surface area contributed by atoms with Crippen LogP contribution in [0, 0.1) is 5.92 Å². The van der Waals surface area contributed by atoms with Gasteiger partial charge in [-0.3, -0.25) is 24.1 Å². The zero-order chi connectivity index (χ0) is 27.4. The average Bonchev–Trinajstić information content (AvgIpc) is 3.67. The molecule has 0 spiro atoms. The lowest BCUT2D eigenvalue weighted by Crippen LogP contribution is -2.45. The van der Waals surface area contributed by atoms with Crippen molar-refractivity contribution >= 4 is 29.1 Å². The van der Waals surface area contributed by atoms with E-state index in [2.05, 4.69) is 5.32 Å². The van der Waals surface area contributed by atoms with Gasteiger partial charge in [0.2, 0.25) is 5.78 Å². The molecular weight excluding hydrogens is 480 g/mol. The van der Waals surface area contributed by atoms with Crippen molar-refractivity contribution in [2.45, 2.75) is 59.0 Å². The Morgan fingerprint density at radius 1 is 1.00 bits per heavy atom. The second-order valence-electron chi connectivity index (χ2n) is 10.5. The van der Waals surface area contributed by atoms with E-state index in [4.69, 9.17) is 4.74 Å². The van der Waals surface area contributed by atoms with Gasteiger partial charge in [-0.1, -0.05) is 61.9 Å². The van der Waals surface area contributed by atoms with Gasteiger partial charge in [-0.25, -0.2) is 0 Å². The second-order valence-corrected chi connectivity index (χ2v) is 10.5. The predicted octanol–water partition coefficient (Wildman–Crippen LogP) is 4.79. The van der Waals surface area contributed by atoms with E-state index in [1.165, 1.54) is 0 Å². The number of amides is 3. The molecule has 2 aromatic carbocycles. The molecule has 1 aliphatic heterocycles. The lowest BCUT2D eigenvalue weighted by atomic mass is 9.95. The largest absolute Gasteiger partial charge is 0.490 e. The number of carbonyl (C=O) groups is 4. The van der Waals surface area contributed by atoms with Crippen LogP contribution < -0.4 is 10.1 Å². The third-order valence-corrected chi connectivity index (χ3v) is 6.47. The monoisotopic (exact) mass is 514 g/mol. The smallest absolute Gasteiger partial charge is 0.290 e. The molecule has 2 aromatic rings. The summed E-state index contributed by atoms with van der Waals surface area (Å²) in [6, 6.07) is 14.2. The molecule has 0 aromatic heterocycles. The fraction of sp³-hybridized carbons (Fsp3) is 0.355. The molecule has 1 unspecified atom stereocenters. The lowest BCUT2D eigenvalue weighted by molar-refractivity contribution is -0.148. The number of imide groups is 1. The van der Waals surface area contributed by atoms with Gasteiger partial charge in [-0.2, -0.15) is 0 Å². The van der Waals surface area contributed by atoms with Gasteiger partial charge < -0.3 is 10.1 Å². The third-order valence-electron chi connectivity index (χ3n) is 6.47. The number of Topliss-reactive ketones (excluding diaryl/α,β-unsaturated/α-hetero) is 1. The lowest BCUT2D eigenvalue weighted by Gasteiger charge is -2.26. The molecule has 1 saturated carbocycles. The van der Waals surface area contributed by atoms with Gasteiger partial charge >= 0.3 is 0 Å². The highest BCUT2D eigenvalue weighted by molar-refractivity contribution is 6.42. The van der Waals surface area contributed by atoms with Crippen LogP contribution in [0.5, 0.6) is 5.75 Å². The van der Waals surface area contributed by atoms with Gasteiger partial charge in [-0.15, -0.1) is 0 Å².